The van der Waals surface area contributed by atoms with Gasteiger partial charge < -0.3 is 10.1 Å². The minimum atomic E-state index is -3.62. The van der Waals surface area contributed by atoms with E-state index < -0.39 is 21.5 Å². The molecule has 0 heterocycles. The molecule has 7 nitrogen and oxygen atoms in total. The highest BCUT2D eigenvalue weighted by Crippen LogP contribution is 2.18. The Hall–Kier alpha value is -2.75. The van der Waals surface area contributed by atoms with Crippen molar-refractivity contribution >= 4 is 45.0 Å². The molecule has 0 aliphatic carbocycles. The lowest BCUT2D eigenvalue weighted by atomic mass is 10.1. The van der Waals surface area contributed by atoms with E-state index in [1.807, 2.05) is 18.2 Å². The smallest absolute Gasteiger partial charge is 0.250 e. The monoisotopic (exact) mass is 447 g/mol. The van der Waals surface area contributed by atoms with Gasteiger partial charge in [0.1, 0.15) is 5.75 Å². The van der Waals surface area contributed by atoms with Gasteiger partial charge in [0.15, 0.2) is 5.11 Å². The number of rotatable bonds is 6. The second kappa shape index (κ2) is 9.84. The Kier molecular flexibility index (Phi) is 7.71. The Labute approximate surface area is 182 Å². The second-order valence-corrected chi connectivity index (χ2v) is 9.49. The molecule has 0 saturated heterocycles. The van der Waals surface area contributed by atoms with Gasteiger partial charge in [0.05, 0.1) is 12.0 Å². The summed E-state index contributed by atoms with van der Waals surface area (Å²) in [5, 5.41) is 5.47. The fourth-order valence-electron chi connectivity index (χ4n) is 2.46. The van der Waals surface area contributed by atoms with Crippen LogP contribution in [0.25, 0.3) is 6.08 Å². The molecule has 2 aromatic rings. The Bertz CT molecular complexity index is 1040. The van der Waals surface area contributed by atoms with Crippen molar-refractivity contribution in [2.45, 2.75) is 31.2 Å². The van der Waals surface area contributed by atoms with Gasteiger partial charge >= 0.3 is 0 Å². The van der Waals surface area contributed by atoms with E-state index in [9.17, 15) is 13.2 Å². The first-order chi connectivity index (χ1) is 14.0. The molecular weight excluding hydrogens is 422 g/mol. The molecule has 0 spiro atoms. The molecule has 0 atom stereocenters. The van der Waals surface area contributed by atoms with Crippen molar-refractivity contribution < 1.29 is 17.9 Å². The molecule has 0 saturated carbocycles. The van der Waals surface area contributed by atoms with Gasteiger partial charge in [0, 0.05) is 22.9 Å². The standard InChI is InChI=1S/C21H25N3O4S2/c1-21(2,3)24-30(26,27)17-12-10-16(11-13-17)22-20(29)23-19(25)14-9-15-7-5-6-8-18(15)28-4/h5-14,24H,1-4H3,(H2,22,23,25,29). The van der Waals surface area contributed by atoms with Crippen LogP contribution >= 0.6 is 12.2 Å². The van der Waals surface area contributed by atoms with E-state index in [4.69, 9.17) is 17.0 Å². The number of benzene rings is 2. The highest BCUT2D eigenvalue weighted by Gasteiger charge is 2.21. The number of hydrogen-bond acceptors (Lipinski definition) is 5. The Morgan fingerprint density at radius 3 is 2.30 bits per heavy atom. The molecule has 30 heavy (non-hydrogen) atoms. The Morgan fingerprint density at radius 1 is 1.07 bits per heavy atom. The number of ether oxygens (including phenoxy) is 1. The van der Waals surface area contributed by atoms with Crippen molar-refractivity contribution in [2.24, 2.45) is 0 Å². The summed E-state index contributed by atoms with van der Waals surface area (Å²) in [6.45, 7) is 5.30. The van der Waals surface area contributed by atoms with E-state index in [1.165, 1.54) is 18.2 Å². The first kappa shape index (κ1) is 23.5. The lowest BCUT2D eigenvalue weighted by Gasteiger charge is -2.20. The quantitative estimate of drug-likeness (QED) is 0.464. The number of methoxy groups -OCH3 is 1. The van der Waals surface area contributed by atoms with Crippen LogP contribution in [0.15, 0.2) is 59.5 Å². The maximum Gasteiger partial charge on any atom is 0.250 e. The van der Waals surface area contributed by atoms with E-state index in [1.54, 1.807) is 52.2 Å². The minimum absolute atomic E-state index is 0.0908. The van der Waals surface area contributed by atoms with Gasteiger partial charge in [0.25, 0.3) is 0 Å². The fourth-order valence-corrected chi connectivity index (χ4v) is 4.10. The zero-order chi connectivity index (χ0) is 22.4. The van der Waals surface area contributed by atoms with Crippen LogP contribution in [0.3, 0.4) is 0 Å². The highest BCUT2D eigenvalue weighted by molar-refractivity contribution is 7.89. The van der Waals surface area contributed by atoms with Crippen molar-refractivity contribution in [1.82, 2.24) is 10.0 Å². The summed E-state index contributed by atoms with van der Waals surface area (Å²) in [5.41, 5.74) is 0.720. The third-order valence-electron chi connectivity index (χ3n) is 3.65. The molecule has 2 rings (SSSR count). The van der Waals surface area contributed by atoms with Crippen molar-refractivity contribution in [1.29, 1.82) is 0 Å². The molecule has 0 fully saturated rings. The first-order valence-corrected chi connectivity index (χ1v) is 11.0. The van der Waals surface area contributed by atoms with Crippen LogP contribution < -0.4 is 20.1 Å². The molecule has 1 amide bonds. The molecule has 0 aliphatic rings. The number of carbonyl (C=O) groups is 1. The van der Waals surface area contributed by atoms with E-state index in [0.717, 1.165) is 5.56 Å². The topological polar surface area (TPSA) is 96.5 Å². The highest BCUT2D eigenvalue weighted by atomic mass is 32.2. The molecule has 0 bridgehead atoms. The number of nitrogens with one attached hydrogen (secondary N) is 3. The van der Waals surface area contributed by atoms with Gasteiger partial charge in [0.2, 0.25) is 15.9 Å². The molecule has 0 unspecified atom stereocenters. The van der Waals surface area contributed by atoms with Crippen molar-refractivity contribution in [2.75, 3.05) is 12.4 Å². The van der Waals surface area contributed by atoms with E-state index in [-0.39, 0.29) is 10.0 Å². The number of sulfonamides is 1. The largest absolute Gasteiger partial charge is 0.496 e. The summed E-state index contributed by atoms with van der Waals surface area (Å²) in [6.07, 6.45) is 2.97. The third-order valence-corrected chi connectivity index (χ3v) is 5.63. The first-order valence-electron chi connectivity index (χ1n) is 9.07. The van der Waals surface area contributed by atoms with Gasteiger partial charge in [-0.2, -0.15) is 0 Å². The number of thiocarbonyl (C=S) groups is 1. The zero-order valence-corrected chi connectivity index (χ0v) is 18.9. The van der Waals surface area contributed by atoms with Crippen LogP contribution in [0, 0.1) is 0 Å². The van der Waals surface area contributed by atoms with E-state index in [0.29, 0.717) is 11.4 Å². The lowest BCUT2D eigenvalue weighted by Crippen LogP contribution is -2.40. The summed E-state index contributed by atoms with van der Waals surface area (Å²) >= 11 is 5.14. The number of para-hydroxylation sites is 1. The van der Waals surface area contributed by atoms with Crippen molar-refractivity contribution in [3.63, 3.8) is 0 Å². The van der Waals surface area contributed by atoms with Gasteiger partial charge in [-0.1, -0.05) is 18.2 Å². The molecular formula is C21H25N3O4S2. The molecule has 9 heteroatoms. The molecule has 3 N–H and O–H groups in total. The number of carbonyl (C=O) groups excluding carboxylic acids is 1. The summed E-state index contributed by atoms with van der Waals surface area (Å²) in [5.74, 6) is 0.241. The lowest BCUT2D eigenvalue weighted by molar-refractivity contribution is -0.115. The summed E-state index contributed by atoms with van der Waals surface area (Å²) in [7, 11) is -2.06. The Balaban J connectivity index is 1.96. The number of anilines is 1. The summed E-state index contributed by atoms with van der Waals surface area (Å²) < 4.78 is 32.5. The van der Waals surface area contributed by atoms with E-state index >= 15 is 0 Å². The van der Waals surface area contributed by atoms with Crippen LogP contribution in [0.2, 0.25) is 0 Å². The van der Waals surface area contributed by atoms with Gasteiger partial charge in [-0.05, 0) is 69.4 Å². The SMILES string of the molecule is COc1ccccc1C=CC(=O)NC(=S)Nc1ccc(S(=O)(=O)NC(C)(C)C)cc1. The van der Waals surface area contributed by atoms with Crippen LogP contribution in [-0.4, -0.2) is 32.1 Å². The number of amides is 1. The molecule has 0 aromatic heterocycles. The molecule has 0 radical (unpaired) electrons. The Morgan fingerprint density at radius 2 is 1.70 bits per heavy atom. The summed E-state index contributed by atoms with van der Waals surface area (Å²) in [6, 6.07) is 13.4. The minimum Gasteiger partial charge on any atom is -0.496 e. The fraction of sp³-hybridized carbons (Fsp3) is 0.238. The maximum absolute atomic E-state index is 12.3. The van der Waals surface area contributed by atoms with Crippen molar-refractivity contribution in [3.8, 4) is 5.75 Å². The zero-order valence-electron chi connectivity index (χ0n) is 17.2. The van der Waals surface area contributed by atoms with Crippen LogP contribution in [0.1, 0.15) is 26.3 Å². The van der Waals surface area contributed by atoms with E-state index in [2.05, 4.69) is 15.4 Å². The van der Waals surface area contributed by atoms with Gasteiger partial charge in [-0.3, -0.25) is 10.1 Å². The predicted molar refractivity (Wildman–Crippen MR) is 123 cm³/mol. The van der Waals surface area contributed by atoms with Crippen LogP contribution in [-0.2, 0) is 14.8 Å². The number of hydrogen-bond donors (Lipinski definition) is 3. The van der Waals surface area contributed by atoms with Gasteiger partial charge in [-0.25, -0.2) is 13.1 Å². The van der Waals surface area contributed by atoms with Crippen molar-refractivity contribution in [3.05, 3.63) is 60.2 Å². The molecule has 160 valence electrons. The van der Waals surface area contributed by atoms with Crippen LogP contribution in [0.4, 0.5) is 5.69 Å². The average molecular weight is 448 g/mol. The third kappa shape index (κ3) is 7.25. The summed E-state index contributed by atoms with van der Waals surface area (Å²) in [4.78, 5) is 12.2. The molecule has 2 aromatic carbocycles. The van der Waals surface area contributed by atoms with Gasteiger partial charge in [-0.15, -0.1) is 0 Å². The predicted octanol–water partition coefficient (Wildman–Crippen LogP) is 3.30. The normalized spacial score (nSPS) is 11.9. The molecule has 0 aliphatic heterocycles. The maximum atomic E-state index is 12.3. The van der Waals surface area contributed by atoms with Crippen LogP contribution in [0.5, 0.6) is 5.75 Å². The average Bonchev–Trinajstić information content (AvgIpc) is 2.65. The second-order valence-electron chi connectivity index (χ2n) is 7.40.